The lowest BCUT2D eigenvalue weighted by Gasteiger charge is -2.40. The lowest BCUT2D eigenvalue weighted by molar-refractivity contribution is 0.230. The summed E-state index contributed by atoms with van der Waals surface area (Å²) in [5.74, 6) is 0.667. The molecule has 1 aromatic heterocycles. The van der Waals surface area contributed by atoms with E-state index in [9.17, 15) is 8.42 Å². The van der Waals surface area contributed by atoms with Gasteiger partial charge in [-0.1, -0.05) is 6.92 Å². The maximum Gasteiger partial charge on any atom is 0.258 e. The lowest BCUT2D eigenvalue weighted by Crippen LogP contribution is -2.58. The highest BCUT2D eigenvalue weighted by Crippen LogP contribution is 2.32. The highest BCUT2D eigenvalue weighted by Gasteiger charge is 2.39. The van der Waals surface area contributed by atoms with E-state index in [1.165, 1.54) is 6.20 Å². The fourth-order valence-corrected chi connectivity index (χ4v) is 3.36. The van der Waals surface area contributed by atoms with Crippen molar-refractivity contribution in [2.45, 2.75) is 43.2 Å². The van der Waals surface area contributed by atoms with Gasteiger partial charge in [0.05, 0.1) is 6.20 Å². The molecule has 0 unspecified atom stereocenters. The van der Waals surface area contributed by atoms with Gasteiger partial charge in [-0.05, 0) is 19.3 Å². The van der Waals surface area contributed by atoms with E-state index < -0.39 is 15.6 Å². The predicted octanol–water partition coefficient (Wildman–Crippen LogP) is 0.132. The van der Waals surface area contributed by atoms with Crippen molar-refractivity contribution in [3.63, 3.8) is 0 Å². The van der Waals surface area contributed by atoms with Gasteiger partial charge in [0.2, 0.25) is 0 Å². The summed E-state index contributed by atoms with van der Waals surface area (Å²) in [7, 11) is -3.53. The number of aromatic nitrogens is 2. The summed E-state index contributed by atoms with van der Waals surface area (Å²) in [4.78, 5) is 6.79. The molecule has 0 bridgehead atoms. The van der Waals surface area contributed by atoms with Crippen molar-refractivity contribution >= 4 is 10.0 Å². The van der Waals surface area contributed by atoms with Gasteiger partial charge >= 0.3 is 0 Å². The van der Waals surface area contributed by atoms with Gasteiger partial charge < -0.3 is 10.7 Å². The first-order chi connectivity index (χ1) is 8.01. The normalized spacial score (nSPS) is 18.9. The van der Waals surface area contributed by atoms with Gasteiger partial charge in [0.1, 0.15) is 5.82 Å². The third-order valence-electron chi connectivity index (χ3n) is 3.28. The maximum absolute atomic E-state index is 12.1. The van der Waals surface area contributed by atoms with Crippen LogP contribution in [0.25, 0.3) is 0 Å². The van der Waals surface area contributed by atoms with E-state index in [2.05, 4.69) is 14.7 Å². The van der Waals surface area contributed by atoms with Crippen LogP contribution in [0.3, 0.4) is 0 Å². The summed E-state index contributed by atoms with van der Waals surface area (Å²) >= 11 is 0. The monoisotopic (exact) mass is 258 g/mol. The van der Waals surface area contributed by atoms with E-state index in [4.69, 9.17) is 5.73 Å². The second-order valence-corrected chi connectivity index (χ2v) is 6.14. The molecule has 1 aliphatic carbocycles. The smallest absolute Gasteiger partial charge is 0.258 e. The zero-order chi connectivity index (χ0) is 12.5. The number of nitrogens with two attached hydrogens (primary N) is 1. The first-order valence-corrected chi connectivity index (χ1v) is 7.27. The minimum absolute atomic E-state index is 0.120. The summed E-state index contributed by atoms with van der Waals surface area (Å²) in [5, 5.41) is 0.120. The number of hydrogen-bond donors (Lipinski definition) is 3. The molecule has 96 valence electrons. The molecule has 7 heteroatoms. The van der Waals surface area contributed by atoms with E-state index in [0.29, 0.717) is 18.8 Å². The molecule has 1 saturated carbocycles. The van der Waals surface area contributed by atoms with Gasteiger partial charge in [-0.25, -0.2) is 18.1 Å². The number of rotatable bonds is 5. The van der Waals surface area contributed by atoms with Crippen LogP contribution in [-0.2, 0) is 16.4 Å². The van der Waals surface area contributed by atoms with Crippen molar-refractivity contribution in [2.75, 3.05) is 6.54 Å². The first kappa shape index (κ1) is 12.5. The number of hydrogen-bond acceptors (Lipinski definition) is 4. The number of nitrogens with zero attached hydrogens (tertiary/aromatic N) is 1. The Kier molecular flexibility index (Phi) is 3.24. The number of H-pyrrole nitrogens is 1. The Morgan fingerprint density at radius 1 is 1.59 bits per heavy atom. The summed E-state index contributed by atoms with van der Waals surface area (Å²) in [6.45, 7) is 2.25. The summed E-state index contributed by atoms with van der Waals surface area (Å²) in [6, 6.07) is 0. The van der Waals surface area contributed by atoms with Crippen LogP contribution in [0.1, 0.15) is 32.0 Å². The van der Waals surface area contributed by atoms with Crippen LogP contribution >= 0.6 is 0 Å². The molecule has 0 radical (unpaired) electrons. The zero-order valence-electron chi connectivity index (χ0n) is 9.86. The Bertz CT molecular complexity index is 485. The molecule has 0 atom stereocenters. The molecule has 0 aliphatic heterocycles. The van der Waals surface area contributed by atoms with Crippen molar-refractivity contribution in [3.05, 3.63) is 12.0 Å². The highest BCUT2D eigenvalue weighted by molar-refractivity contribution is 7.89. The van der Waals surface area contributed by atoms with Crippen molar-refractivity contribution in [1.82, 2.24) is 14.7 Å². The largest absolute Gasteiger partial charge is 0.332 e. The first-order valence-electron chi connectivity index (χ1n) is 5.79. The Balaban J connectivity index is 2.18. The summed E-state index contributed by atoms with van der Waals surface area (Å²) in [5.41, 5.74) is 5.18. The van der Waals surface area contributed by atoms with E-state index in [1.807, 2.05) is 6.92 Å². The molecular weight excluding hydrogens is 240 g/mol. The molecular formula is C10H18N4O2S. The molecule has 0 aromatic carbocycles. The molecule has 17 heavy (non-hydrogen) atoms. The molecule has 0 saturated heterocycles. The average molecular weight is 258 g/mol. The van der Waals surface area contributed by atoms with Gasteiger partial charge in [0, 0.05) is 18.5 Å². The van der Waals surface area contributed by atoms with Gasteiger partial charge in [-0.3, -0.25) is 0 Å². The third-order valence-corrected chi connectivity index (χ3v) is 4.77. The van der Waals surface area contributed by atoms with Crippen LogP contribution in [-0.4, -0.2) is 30.5 Å². The highest BCUT2D eigenvalue weighted by atomic mass is 32.2. The number of sulfonamides is 1. The average Bonchev–Trinajstić information content (AvgIpc) is 2.72. The van der Waals surface area contributed by atoms with Crippen LogP contribution in [0, 0.1) is 0 Å². The Hall–Kier alpha value is -0.920. The Morgan fingerprint density at radius 2 is 2.29 bits per heavy atom. The van der Waals surface area contributed by atoms with Gasteiger partial charge in [0.25, 0.3) is 10.0 Å². The fraction of sp³-hybridized carbons (Fsp3) is 0.700. The van der Waals surface area contributed by atoms with Gasteiger partial charge in [0.15, 0.2) is 5.03 Å². The molecule has 0 spiro atoms. The molecule has 4 N–H and O–H groups in total. The summed E-state index contributed by atoms with van der Waals surface area (Å²) in [6.07, 6.45) is 4.65. The van der Waals surface area contributed by atoms with Gasteiger partial charge in [-0.15, -0.1) is 0 Å². The van der Waals surface area contributed by atoms with Crippen molar-refractivity contribution < 1.29 is 8.42 Å². The number of aromatic amines is 1. The predicted molar refractivity (Wildman–Crippen MR) is 63.9 cm³/mol. The minimum Gasteiger partial charge on any atom is -0.332 e. The molecule has 6 nitrogen and oxygen atoms in total. The molecule has 1 aromatic rings. The number of aryl methyl sites for hydroxylation is 1. The van der Waals surface area contributed by atoms with Crippen LogP contribution in [0.15, 0.2) is 11.2 Å². The van der Waals surface area contributed by atoms with E-state index in [-0.39, 0.29) is 5.03 Å². The Labute approximate surface area is 101 Å². The quantitative estimate of drug-likeness (QED) is 0.699. The van der Waals surface area contributed by atoms with Crippen LogP contribution in [0.2, 0.25) is 0 Å². The fourth-order valence-electron chi connectivity index (χ4n) is 1.95. The van der Waals surface area contributed by atoms with E-state index >= 15 is 0 Å². The second kappa shape index (κ2) is 4.40. The minimum atomic E-state index is -3.53. The standard InChI is InChI=1S/C10H18N4O2S/c1-2-8-12-6-9(13-8)17(15,16)14-10(7-11)4-3-5-10/h6,14H,2-5,7,11H2,1H3,(H,12,13). The topological polar surface area (TPSA) is 101 Å². The van der Waals surface area contributed by atoms with E-state index in [1.54, 1.807) is 0 Å². The van der Waals surface area contributed by atoms with E-state index in [0.717, 1.165) is 19.3 Å². The molecule has 1 heterocycles. The SMILES string of the molecule is CCc1ncc(S(=O)(=O)NC2(CN)CCC2)[nH]1. The molecule has 1 aliphatic rings. The molecule has 1 fully saturated rings. The molecule has 2 rings (SSSR count). The maximum atomic E-state index is 12.1. The van der Waals surface area contributed by atoms with Crippen molar-refractivity contribution in [3.8, 4) is 0 Å². The van der Waals surface area contributed by atoms with Crippen LogP contribution in [0.4, 0.5) is 0 Å². The number of nitrogens with one attached hydrogen (secondary N) is 2. The van der Waals surface area contributed by atoms with Crippen molar-refractivity contribution in [1.29, 1.82) is 0 Å². The second-order valence-electron chi connectivity index (χ2n) is 4.49. The summed E-state index contributed by atoms with van der Waals surface area (Å²) < 4.78 is 26.9. The van der Waals surface area contributed by atoms with Crippen molar-refractivity contribution in [2.24, 2.45) is 5.73 Å². The zero-order valence-corrected chi connectivity index (χ0v) is 10.7. The third kappa shape index (κ3) is 2.36. The van der Waals surface area contributed by atoms with Crippen LogP contribution in [0.5, 0.6) is 0 Å². The molecule has 0 amide bonds. The number of imidazole rings is 1. The van der Waals surface area contributed by atoms with Crippen LogP contribution < -0.4 is 10.5 Å². The van der Waals surface area contributed by atoms with Gasteiger partial charge in [-0.2, -0.15) is 0 Å². The Morgan fingerprint density at radius 3 is 2.71 bits per heavy atom. The lowest BCUT2D eigenvalue weighted by atomic mass is 9.78.